The van der Waals surface area contributed by atoms with Crippen molar-refractivity contribution in [2.24, 2.45) is 7.05 Å². The number of carbonyl (C=O) groups is 1. The van der Waals surface area contributed by atoms with E-state index in [4.69, 9.17) is 0 Å². The van der Waals surface area contributed by atoms with Crippen molar-refractivity contribution in [3.05, 3.63) is 64.9 Å². The number of aromatic nitrogens is 4. The summed E-state index contributed by atoms with van der Waals surface area (Å²) < 4.78 is 17.1. The van der Waals surface area contributed by atoms with E-state index in [0.29, 0.717) is 23.5 Å². The maximum atomic E-state index is 13.8. The molecule has 0 aliphatic rings. The largest absolute Gasteiger partial charge is 0.305 e. The molecule has 0 unspecified atom stereocenters. The summed E-state index contributed by atoms with van der Waals surface area (Å²) in [7, 11) is 1.78. The van der Waals surface area contributed by atoms with Crippen LogP contribution in [0.1, 0.15) is 27.3 Å². The van der Waals surface area contributed by atoms with Crippen molar-refractivity contribution in [3.63, 3.8) is 0 Å². The maximum Gasteiger partial charge on any atom is 0.260 e. The highest BCUT2D eigenvalue weighted by atomic mass is 19.1. The summed E-state index contributed by atoms with van der Waals surface area (Å²) >= 11 is 0. The summed E-state index contributed by atoms with van der Waals surface area (Å²) in [6.07, 6.45) is 1.52. The van der Waals surface area contributed by atoms with Crippen LogP contribution in [0.4, 0.5) is 10.2 Å². The van der Waals surface area contributed by atoms with Gasteiger partial charge in [0.15, 0.2) is 5.82 Å². The molecule has 1 aromatic carbocycles. The Morgan fingerprint density at radius 1 is 1.29 bits per heavy atom. The quantitative estimate of drug-likeness (QED) is 0.801. The average molecular weight is 327 g/mol. The van der Waals surface area contributed by atoms with Crippen molar-refractivity contribution in [2.45, 2.75) is 20.4 Å². The first-order valence-corrected chi connectivity index (χ1v) is 7.53. The summed E-state index contributed by atoms with van der Waals surface area (Å²) in [6.45, 7) is 3.99. The predicted octanol–water partition coefficient (Wildman–Crippen LogP) is 2.67. The molecular weight excluding hydrogens is 309 g/mol. The number of nitrogens with zero attached hydrogens (tertiary/aromatic N) is 4. The van der Waals surface area contributed by atoms with Gasteiger partial charge in [-0.2, -0.15) is 10.2 Å². The minimum absolute atomic E-state index is 0.267. The van der Waals surface area contributed by atoms with Crippen molar-refractivity contribution >= 4 is 11.7 Å². The molecule has 0 aliphatic carbocycles. The zero-order chi connectivity index (χ0) is 17.3. The van der Waals surface area contributed by atoms with Crippen LogP contribution in [-0.4, -0.2) is 25.5 Å². The fraction of sp³-hybridized carbons (Fsp3) is 0.235. The van der Waals surface area contributed by atoms with Gasteiger partial charge < -0.3 is 5.32 Å². The van der Waals surface area contributed by atoms with Gasteiger partial charge in [-0.25, -0.2) is 4.39 Å². The standard InChI is InChI=1S/C17H18FN5O/c1-11-8-16(20-17(24)14-9-19-22(3)12(14)2)21-23(11)10-13-6-4-5-7-15(13)18/h4-9H,10H2,1-3H3,(H,20,21,24). The van der Waals surface area contributed by atoms with E-state index in [1.165, 1.54) is 12.3 Å². The third-order valence-electron chi connectivity index (χ3n) is 3.98. The highest BCUT2D eigenvalue weighted by molar-refractivity contribution is 6.04. The van der Waals surface area contributed by atoms with E-state index in [0.717, 1.165) is 11.4 Å². The van der Waals surface area contributed by atoms with Crippen molar-refractivity contribution in [1.82, 2.24) is 19.6 Å². The first-order chi connectivity index (χ1) is 11.5. The molecule has 24 heavy (non-hydrogen) atoms. The molecule has 0 radical (unpaired) electrons. The Morgan fingerprint density at radius 3 is 2.71 bits per heavy atom. The van der Waals surface area contributed by atoms with Gasteiger partial charge in [-0.3, -0.25) is 14.2 Å². The van der Waals surface area contributed by atoms with Crippen LogP contribution >= 0.6 is 0 Å². The SMILES string of the molecule is Cc1c(C(=O)Nc2cc(C)n(Cc3ccccc3F)n2)cnn1C. The molecule has 0 saturated carbocycles. The van der Waals surface area contributed by atoms with Gasteiger partial charge in [-0.15, -0.1) is 0 Å². The smallest absolute Gasteiger partial charge is 0.260 e. The van der Waals surface area contributed by atoms with Crippen molar-refractivity contribution in [2.75, 3.05) is 5.32 Å². The lowest BCUT2D eigenvalue weighted by molar-refractivity contribution is 0.102. The highest BCUT2D eigenvalue weighted by Gasteiger charge is 2.15. The number of halogens is 1. The fourth-order valence-electron chi connectivity index (χ4n) is 2.42. The van der Waals surface area contributed by atoms with Crippen LogP contribution in [0.2, 0.25) is 0 Å². The van der Waals surface area contributed by atoms with E-state index in [-0.39, 0.29) is 11.7 Å². The lowest BCUT2D eigenvalue weighted by Gasteiger charge is -2.05. The number of hydrogen-bond acceptors (Lipinski definition) is 3. The van der Waals surface area contributed by atoms with Crippen molar-refractivity contribution in [3.8, 4) is 0 Å². The molecule has 0 fully saturated rings. The number of anilines is 1. The molecular formula is C17H18FN5O. The molecule has 6 nitrogen and oxygen atoms in total. The fourth-order valence-corrected chi connectivity index (χ4v) is 2.42. The molecule has 1 N–H and O–H groups in total. The van der Waals surface area contributed by atoms with Crippen LogP contribution in [-0.2, 0) is 13.6 Å². The molecule has 2 aromatic heterocycles. The Hall–Kier alpha value is -2.96. The average Bonchev–Trinajstić information content (AvgIpc) is 3.05. The molecule has 0 aliphatic heterocycles. The van der Waals surface area contributed by atoms with E-state index in [1.807, 2.05) is 13.8 Å². The zero-order valence-corrected chi connectivity index (χ0v) is 13.7. The third kappa shape index (κ3) is 3.05. The van der Waals surface area contributed by atoms with Gasteiger partial charge in [-0.05, 0) is 19.9 Å². The third-order valence-corrected chi connectivity index (χ3v) is 3.98. The topological polar surface area (TPSA) is 64.7 Å². The van der Waals surface area contributed by atoms with Crippen molar-refractivity contribution in [1.29, 1.82) is 0 Å². The molecule has 1 amide bonds. The molecule has 3 aromatic rings. The number of carbonyl (C=O) groups excluding carboxylic acids is 1. The van der Waals surface area contributed by atoms with Gasteiger partial charge in [0, 0.05) is 30.1 Å². The molecule has 124 valence electrons. The molecule has 2 heterocycles. The number of amides is 1. The first kappa shape index (κ1) is 15.9. The van der Waals surface area contributed by atoms with Crippen LogP contribution in [0.5, 0.6) is 0 Å². The lowest BCUT2D eigenvalue weighted by atomic mass is 10.2. The minimum Gasteiger partial charge on any atom is -0.305 e. The number of aryl methyl sites for hydroxylation is 2. The number of rotatable bonds is 4. The van der Waals surface area contributed by atoms with Crippen LogP contribution in [0.25, 0.3) is 0 Å². The first-order valence-electron chi connectivity index (χ1n) is 7.53. The van der Waals surface area contributed by atoms with E-state index in [9.17, 15) is 9.18 Å². The number of hydrogen-bond donors (Lipinski definition) is 1. The summed E-state index contributed by atoms with van der Waals surface area (Å²) in [4.78, 5) is 12.3. The Morgan fingerprint density at radius 2 is 2.04 bits per heavy atom. The lowest BCUT2D eigenvalue weighted by Crippen LogP contribution is -2.14. The monoisotopic (exact) mass is 327 g/mol. The molecule has 0 bridgehead atoms. The van der Waals surface area contributed by atoms with E-state index < -0.39 is 0 Å². The molecule has 0 spiro atoms. The van der Waals surface area contributed by atoms with Crippen molar-refractivity contribution < 1.29 is 9.18 Å². The zero-order valence-electron chi connectivity index (χ0n) is 13.7. The summed E-state index contributed by atoms with van der Waals surface area (Å²) in [5.74, 6) is -0.114. The highest BCUT2D eigenvalue weighted by Crippen LogP contribution is 2.15. The summed E-state index contributed by atoms with van der Waals surface area (Å²) in [5.41, 5.74) is 2.65. The van der Waals surface area contributed by atoms with Gasteiger partial charge in [0.2, 0.25) is 0 Å². The number of nitrogens with one attached hydrogen (secondary N) is 1. The van der Waals surface area contributed by atoms with E-state index in [2.05, 4.69) is 15.5 Å². The Labute approximate surface area is 138 Å². The van der Waals surface area contributed by atoms with Gasteiger partial charge in [0.05, 0.1) is 18.3 Å². The van der Waals surface area contributed by atoms with Gasteiger partial charge in [-0.1, -0.05) is 18.2 Å². The van der Waals surface area contributed by atoms with Gasteiger partial charge >= 0.3 is 0 Å². The molecule has 3 rings (SSSR count). The Kier molecular flexibility index (Phi) is 4.16. The molecule has 0 atom stereocenters. The summed E-state index contributed by atoms with van der Waals surface area (Å²) in [6, 6.07) is 8.32. The predicted molar refractivity (Wildman–Crippen MR) is 88.4 cm³/mol. The Balaban J connectivity index is 1.78. The van der Waals surface area contributed by atoms with Gasteiger partial charge in [0.25, 0.3) is 5.91 Å². The second-order valence-electron chi connectivity index (χ2n) is 5.64. The second-order valence-corrected chi connectivity index (χ2v) is 5.64. The molecule has 7 heteroatoms. The van der Waals surface area contributed by atoms with E-state index >= 15 is 0 Å². The van der Waals surface area contributed by atoms with Crippen LogP contribution in [0, 0.1) is 19.7 Å². The van der Waals surface area contributed by atoms with Gasteiger partial charge in [0.1, 0.15) is 5.82 Å². The molecule has 0 saturated heterocycles. The Bertz CT molecular complexity index is 896. The van der Waals surface area contributed by atoms with Crippen LogP contribution in [0.15, 0.2) is 36.5 Å². The second kappa shape index (κ2) is 6.27. The normalized spacial score (nSPS) is 10.8. The maximum absolute atomic E-state index is 13.8. The minimum atomic E-state index is -0.274. The van der Waals surface area contributed by atoms with E-state index in [1.54, 1.807) is 40.7 Å². The summed E-state index contributed by atoms with van der Waals surface area (Å²) in [5, 5.41) is 11.2. The van der Waals surface area contributed by atoms with Crippen LogP contribution < -0.4 is 5.32 Å². The van der Waals surface area contributed by atoms with Crippen LogP contribution in [0.3, 0.4) is 0 Å². The number of benzene rings is 1.